The number of aryl methyl sites for hydroxylation is 1. The number of carbonyl (C=O) groups excluding carboxylic acids is 1. The van der Waals surface area contributed by atoms with Gasteiger partial charge in [0.25, 0.3) is 5.69 Å². The Kier molecular flexibility index (Phi) is 3.20. The zero-order valence-electron chi connectivity index (χ0n) is 8.51. The minimum atomic E-state index is -1.29. The van der Waals surface area contributed by atoms with Gasteiger partial charge in [-0.15, -0.1) is 0 Å². The molecule has 0 aromatic heterocycles. The van der Waals surface area contributed by atoms with Crippen LogP contribution in [-0.2, 0) is 4.79 Å². The molecule has 6 heteroatoms. The number of hydrogen-bond donors (Lipinski definition) is 1. The minimum Gasteiger partial charge on any atom is -0.368 e. The van der Waals surface area contributed by atoms with Crippen molar-refractivity contribution in [3.8, 4) is 6.07 Å². The maximum Gasteiger partial charge on any atom is 0.274 e. The zero-order valence-corrected chi connectivity index (χ0v) is 8.51. The van der Waals surface area contributed by atoms with Crippen LogP contribution in [0.3, 0.4) is 0 Å². The molecule has 0 heterocycles. The summed E-state index contributed by atoms with van der Waals surface area (Å²) >= 11 is 0. The molecule has 82 valence electrons. The predicted octanol–water partition coefficient (Wildman–Crippen LogP) is 0.996. The third-order valence-electron chi connectivity index (χ3n) is 2.10. The van der Waals surface area contributed by atoms with Crippen molar-refractivity contribution in [2.75, 3.05) is 0 Å². The lowest BCUT2D eigenvalue weighted by molar-refractivity contribution is -0.385. The van der Waals surface area contributed by atoms with E-state index in [0.717, 1.165) is 5.56 Å². The first-order valence-electron chi connectivity index (χ1n) is 4.41. The summed E-state index contributed by atoms with van der Waals surface area (Å²) < 4.78 is 0. The first-order valence-corrected chi connectivity index (χ1v) is 4.41. The molecule has 1 unspecified atom stereocenters. The predicted molar refractivity (Wildman–Crippen MR) is 55.4 cm³/mol. The second kappa shape index (κ2) is 4.40. The summed E-state index contributed by atoms with van der Waals surface area (Å²) in [5.74, 6) is -2.18. The molecule has 0 aliphatic carbocycles. The van der Waals surface area contributed by atoms with Gasteiger partial charge in [-0.3, -0.25) is 14.9 Å². The molecule has 0 spiro atoms. The number of amides is 1. The van der Waals surface area contributed by atoms with Crippen LogP contribution in [0, 0.1) is 28.4 Å². The second-order valence-corrected chi connectivity index (χ2v) is 3.28. The van der Waals surface area contributed by atoms with Gasteiger partial charge in [-0.05, 0) is 13.0 Å². The molecule has 0 saturated heterocycles. The van der Waals surface area contributed by atoms with Crippen molar-refractivity contribution in [1.29, 1.82) is 5.26 Å². The van der Waals surface area contributed by atoms with Crippen molar-refractivity contribution >= 4 is 11.6 Å². The molecule has 0 aliphatic heterocycles. The van der Waals surface area contributed by atoms with Gasteiger partial charge in [-0.25, -0.2) is 0 Å². The topological polar surface area (TPSA) is 110 Å². The van der Waals surface area contributed by atoms with E-state index in [1.165, 1.54) is 18.2 Å². The van der Waals surface area contributed by atoms with Crippen LogP contribution in [0.15, 0.2) is 18.2 Å². The Morgan fingerprint density at radius 2 is 2.25 bits per heavy atom. The lowest BCUT2D eigenvalue weighted by atomic mass is 9.96. The highest BCUT2D eigenvalue weighted by molar-refractivity contribution is 5.86. The third-order valence-corrected chi connectivity index (χ3v) is 2.10. The Hall–Kier alpha value is -2.42. The average molecular weight is 219 g/mol. The van der Waals surface area contributed by atoms with Crippen molar-refractivity contribution < 1.29 is 9.72 Å². The molecule has 0 aliphatic rings. The van der Waals surface area contributed by atoms with E-state index in [4.69, 9.17) is 11.0 Å². The van der Waals surface area contributed by atoms with E-state index in [1.54, 1.807) is 13.0 Å². The summed E-state index contributed by atoms with van der Waals surface area (Å²) in [5, 5.41) is 19.5. The quantitative estimate of drug-likeness (QED) is 0.603. The van der Waals surface area contributed by atoms with Crippen LogP contribution >= 0.6 is 0 Å². The summed E-state index contributed by atoms with van der Waals surface area (Å²) in [5.41, 5.74) is 5.51. The van der Waals surface area contributed by atoms with E-state index in [2.05, 4.69) is 0 Å². The molecule has 0 bridgehead atoms. The number of nitriles is 1. The maximum atomic E-state index is 11.0. The van der Waals surface area contributed by atoms with E-state index in [1.807, 2.05) is 0 Å². The molecular formula is C10H9N3O3. The van der Waals surface area contributed by atoms with Gasteiger partial charge in [-0.1, -0.05) is 11.6 Å². The molecule has 0 radical (unpaired) electrons. The van der Waals surface area contributed by atoms with Crippen molar-refractivity contribution in [2.24, 2.45) is 5.73 Å². The Morgan fingerprint density at radius 3 is 2.69 bits per heavy atom. The van der Waals surface area contributed by atoms with Crippen molar-refractivity contribution in [2.45, 2.75) is 12.8 Å². The molecule has 1 atom stereocenters. The molecule has 2 N–H and O–H groups in total. The molecule has 16 heavy (non-hydrogen) atoms. The number of benzene rings is 1. The van der Waals surface area contributed by atoms with Gasteiger partial charge in [0.05, 0.1) is 16.6 Å². The minimum absolute atomic E-state index is 0.0417. The SMILES string of the molecule is Cc1ccc([N+](=O)[O-])c(C(C#N)C(N)=O)c1. The average Bonchev–Trinajstić information content (AvgIpc) is 2.17. The summed E-state index contributed by atoms with van der Waals surface area (Å²) in [6, 6.07) is 5.89. The number of nitro benzene ring substituents is 1. The first-order chi connectivity index (χ1) is 7.47. The van der Waals surface area contributed by atoms with Crippen LogP contribution < -0.4 is 5.73 Å². The van der Waals surface area contributed by atoms with Gasteiger partial charge in [0.1, 0.15) is 0 Å². The Bertz CT molecular complexity index is 491. The standard InChI is InChI=1S/C10H9N3O3/c1-6-2-3-9(13(15)16)7(4-6)8(5-11)10(12)14/h2-4,8H,1H3,(H2,12,14). The van der Waals surface area contributed by atoms with E-state index >= 15 is 0 Å². The fraction of sp³-hybridized carbons (Fsp3) is 0.200. The number of hydrogen-bond acceptors (Lipinski definition) is 4. The second-order valence-electron chi connectivity index (χ2n) is 3.28. The van der Waals surface area contributed by atoms with Gasteiger partial charge in [0, 0.05) is 6.07 Å². The van der Waals surface area contributed by atoms with Crippen LogP contribution in [-0.4, -0.2) is 10.8 Å². The number of rotatable bonds is 3. The Balaban J connectivity index is 3.40. The molecule has 1 aromatic rings. The van der Waals surface area contributed by atoms with Gasteiger partial charge in [-0.2, -0.15) is 5.26 Å². The lowest BCUT2D eigenvalue weighted by Gasteiger charge is -2.06. The van der Waals surface area contributed by atoms with Gasteiger partial charge < -0.3 is 5.73 Å². The summed E-state index contributed by atoms with van der Waals surface area (Å²) in [4.78, 5) is 21.1. The molecule has 0 fully saturated rings. The smallest absolute Gasteiger partial charge is 0.274 e. The number of nitrogens with two attached hydrogens (primary N) is 1. The maximum absolute atomic E-state index is 11.0. The molecular weight excluding hydrogens is 210 g/mol. The lowest BCUT2D eigenvalue weighted by Crippen LogP contribution is -2.21. The van der Waals surface area contributed by atoms with Crippen molar-refractivity contribution in [3.05, 3.63) is 39.4 Å². The van der Waals surface area contributed by atoms with E-state index in [-0.39, 0.29) is 11.3 Å². The molecule has 6 nitrogen and oxygen atoms in total. The van der Waals surface area contributed by atoms with Gasteiger partial charge >= 0.3 is 0 Å². The first kappa shape index (κ1) is 11.7. The van der Waals surface area contributed by atoms with Gasteiger partial charge in [0.2, 0.25) is 5.91 Å². The summed E-state index contributed by atoms with van der Waals surface area (Å²) in [7, 11) is 0. The number of primary amides is 1. The molecule has 1 amide bonds. The zero-order chi connectivity index (χ0) is 12.3. The third kappa shape index (κ3) is 2.15. The highest BCUT2D eigenvalue weighted by Crippen LogP contribution is 2.27. The fourth-order valence-electron chi connectivity index (χ4n) is 1.36. The highest BCUT2D eigenvalue weighted by Gasteiger charge is 2.26. The summed E-state index contributed by atoms with van der Waals surface area (Å²) in [6.45, 7) is 1.71. The Labute approximate surface area is 91.4 Å². The van der Waals surface area contributed by atoms with Crippen LogP contribution in [0.4, 0.5) is 5.69 Å². The van der Waals surface area contributed by atoms with Crippen LogP contribution in [0.1, 0.15) is 17.0 Å². The normalized spacial score (nSPS) is 11.5. The number of nitro groups is 1. The molecule has 1 rings (SSSR count). The van der Waals surface area contributed by atoms with Crippen LogP contribution in [0.25, 0.3) is 0 Å². The Morgan fingerprint density at radius 1 is 1.62 bits per heavy atom. The van der Waals surface area contributed by atoms with Crippen LogP contribution in [0.2, 0.25) is 0 Å². The number of nitrogens with zero attached hydrogens (tertiary/aromatic N) is 2. The van der Waals surface area contributed by atoms with Crippen molar-refractivity contribution in [1.82, 2.24) is 0 Å². The molecule has 1 aromatic carbocycles. The fourth-order valence-corrected chi connectivity index (χ4v) is 1.36. The molecule has 0 saturated carbocycles. The van der Waals surface area contributed by atoms with E-state index in [9.17, 15) is 14.9 Å². The van der Waals surface area contributed by atoms with E-state index in [0.29, 0.717) is 0 Å². The van der Waals surface area contributed by atoms with Crippen LogP contribution in [0.5, 0.6) is 0 Å². The largest absolute Gasteiger partial charge is 0.368 e. The highest BCUT2D eigenvalue weighted by atomic mass is 16.6. The number of carbonyl (C=O) groups is 1. The monoisotopic (exact) mass is 219 g/mol. The van der Waals surface area contributed by atoms with E-state index < -0.39 is 16.7 Å². The van der Waals surface area contributed by atoms with Crippen molar-refractivity contribution in [3.63, 3.8) is 0 Å². The van der Waals surface area contributed by atoms with Gasteiger partial charge in [0.15, 0.2) is 5.92 Å². The summed E-state index contributed by atoms with van der Waals surface area (Å²) in [6.07, 6.45) is 0.